The van der Waals surface area contributed by atoms with E-state index in [4.69, 9.17) is 5.73 Å². The van der Waals surface area contributed by atoms with E-state index in [2.05, 4.69) is 37.0 Å². The highest BCUT2D eigenvalue weighted by Gasteiger charge is 2.24. The van der Waals surface area contributed by atoms with Crippen molar-refractivity contribution >= 4 is 17.3 Å². The lowest BCUT2D eigenvalue weighted by Crippen LogP contribution is -2.47. The van der Waals surface area contributed by atoms with E-state index < -0.39 is 0 Å². The fourth-order valence-electron chi connectivity index (χ4n) is 3.56. The highest BCUT2D eigenvalue weighted by Crippen LogP contribution is 2.30. The van der Waals surface area contributed by atoms with Crippen molar-refractivity contribution < 1.29 is 0 Å². The molecule has 0 atom stereocenters. The van der Waals surface area contributed by atoms with Crippen molar-refractivity contribution in [3.05, 3.63) is 48.5 Å². The van der Waals surface area contributed by atoms with Gasteiger partial charge >= 0.3 is 0 Å². The van der Waals surface area contributed by atoms with E-state index in [1.165, 1.54) is 0 Å². The second-order valence-corrected chi connectivity index (χ2v) is 6.55. The summed E-state index contributed by atoms with van der Waals surface area (Å²) < 4.78 is 1.88. The van der Waals surface area contributed by atoms with Crippen molar-refractivity contribution in [1.82, 2.24) is 19.7 Å². The van der Waals surface area contributed by atoms with Gasteiger partial charge in [0.1, 0.15) is 12.1 Å². The molecule has 0 bridgehead atoms. The molecule has 0 unspecified atom stereocenters. The first-order valence-electron chi connectivity index (χ1n) is 8.79. The summed E-state index contributed by atoms with van der Waals surface area (Å²) in [5.41, 5.74) is 10.1. The molecule has 0 spiro atoms. The van der Waals surface area contributed by atoms with Gasteiger partial charge < -0.3 is 15.5 Å². The van der Waals surface area contributed by atoms with Gasteiger partial charge in [-0.3, -0.25) is 4.68 Å². The molecule has 0 aliphatic carbocycles. The number of hydrogen-bond acceptors (Lipinski definition) is 6. The molecule has 0 amide bonds. The van der Waals surface area contributed by atoms with Crippen molar-refractivity contribution in [1.29, 1.82) is 0 Å². The van der Waals surface area contributed by atoms with Crippen LogP contribution in [0.5, 0.6) is 0 Å². The van der Waals surface area contributed by atoms with Crippen LogP contribution in [0.1, 0.15) is 5.69 Å². The lowest BCUT2D eigenvalue weighted by Gasteiger charge is -2.37. The van der Waals surface area contributed by atoms with Crippen LogP contribution in [-0.2, 0) is 7.05 Å². The predicted octanol–water partition coefficient (Wildman–Crippen LogP) is 2.09. The third kappa shape index (κ3) is 2.85. The average molecular weight is 349 g/mol. The molecule has 2 aromatic heterocycles. The smallest absolute Gasteiger partial charge is 0.150 e. The molecule has 2 N–H and O–H groups in total. The van der Waals surface area contributed by atoms with Gasteiger partial charge in [-0.25, -0.2) is 9.97 Å². The molecule has 0 saturated carbocycles. The summed E-state index contributed by atoms with van der Waals surface area (Å²) in [6, 6.07) is 10.3. The number of nitrogens with two attached hydrogens (primary N) is 1. The van der Waals surface area contributed by atoms with E-state index in [-0.39, 0.29) is 0 Å². The Labute approximate surface area is 153 Å². The zero-order valence-electron chi connectivity index (χ0n) is 15.1. The molecule has 3 aromatic rings. The third-order valence-electron chi connectivity index (χ3n) is 4.89. The summed E-state index contributed by atoms with van der Waals surface area (Å²) >= 11 is 0. The number of anilines is 3. The molecule has 4 rings (SSSR count). The van der Waals surface area contributed by atoms with Gasteiger partial charge in [-0.2, -0.15) is 5.10 Å². The SMILES string of the molecule is Cc1nn(C)c(N2CCN(c3ncncc3-c3ccccc3)CC2)c1N. The van der Waals surface area contributed by atoms with E-state index >= 15 is 0 Å². The molecule has 0 radical (unpaired) electrons. The molecular weight excluding hydrogens is 326 g/mol. The molecule has 1 saturated heterocycles. The average Bonchev–Trinajstić information content (AvgIpc) is 2.94. The minimum Gasteiger partial charge on any atom is -0.394 e. The van der Waals surface area contributed by atoms with Gasteiger partial charge in [0.05, 0.1) is 11.4 Å². The van der Waals surface area contributed by atoms with E-state index in [0.29, 0.717) is 0 Å². The number of piperazine rings is 1. The number of aromatic nitrogens is 4. The summed E-state index contributed by atoms with van der Waals surface area (Å²) in [4.78, 5) is 13.4. The van der Waals surface area contributed by atoms with Crippen LogP contribution in [0.4, 0.5) is 17.3 Å². The fourth-order valence-corrected chi connectivity index (χ4v) is 3.56. The largest absolute Gasteiger partial charge is 0.394 e. The van der Waals surface area contributed by atoms with Crippen LogP contribution < -0.4 is 15.5 Å². The molecule has 1 aliphatic heterocycles. The number of aryl methyl sites for hydroxylation is 2. The maximum Gasteiger partial charge on any atom is 0.150 e. The van der Waals surface area contributed by atoms with E-state index in [0.717, 1.165) is 60.3 Å². The molecule has 134 valence electrons. The Bertz CT molecular complexity index is 896. The van der Waals surface area contributed by atoms with Gasteiger partial charge in [-0.05, 0) is 12.5 Å². The van der Waals surface area contributed by atoms with Crippen molar-refractivity contribution in [2.75, 3.05) is 41.7 Å². The standard InChI is InChI=1S/C19H23N7/c1-14-17(20)19(24(2)23-14)26-10-8-25(9-11-26)18-16(12-21-13-22-18)15-6-4-3-5-7-15/h3-7,12-13H,8-11,20H2,1-2H3. The first-order chi connectivity index (χ1) is 12.6. The summed E-state index contributed by atoms with van der Waals surface area (Å²) in [7, 11) is 1.95. The summed E-state index contributed by atoms with van der Waals surface area (Å²) in [6.45, 7) is 5.45. The maximum absolute atomic E-state index is 6.22. The molecule has 1 aromatic carbocycles. The zero-order valence-corrected chi connectivity index (χ0v) is 15.1. The minimum absolute atomic E-state index is 0.771. The van der Waals surface area contributed by atoms with Crippen LogP contribution in [0.15, 0.2) is 42.9 Å². The first kappa shape index (κ1) is 16.4. The molecular formula is C19H23N7. The topological polar surface area (TPSA) is 76.1 Å². The number of hydrogen-bond donors (Lipinski definition) is 1. The number of rotatable bonds is 3. The Morgan fingerprint density at radius 1 is 1.00 bits per heavy atom. The molecule has 7 heteroatoms. The van der Waals surface area contributed by atoms with Crippen molar-refractivity contribution in [3.63, 3.8) is 0 Å². The highest BCUT2D eigenvalue weighted by molar-refractivity contribution is 5.75. The molecule has 1 fully saturated rings. The van der Waals surface area contributed by atoms with Crippen LogP contribution >= 0.6 is 0 Å². The first-order valence-corrected chi connectivity index (χ1v) is 8.79. The molecule has 1 aliphatic rings. The van der Waals surface area contributed by atoms with Crippen molar-refractivity contribution in [3.8, 4) is 11.1 Å². The van der Waals surface area contributed by atoms with Crippen molar-refractivity contribution in [2.45, 2.75) is 6.92 Å². The van der Waals surface area contributed by atoms with Crippen LogP contribution in [0.25, 0.3) is 11.1 Å². The molecule has 7 nitrogen and oxygen atoms in total. The van der Waals surface area contributed by atoms with Gasteiger partial charge in [0.2, 0.25) is 0 Å². The summed E-state index contributed by atoms with van der Waals surface area (Å²) in [6.07, 6.45) is 3.52. The van der Waals surface area contributed by atoms with Crippen LogP contribution in [0.3, 0.4) is 0 Å². The van der Waals surface area contributed by atoms with Crippen LogP contribution in [0.2, 0.25) is 0 Å². The fraction of sp³-hybridized carbons (Fsp3) is 0.316. The third-order valence-corrected chi connectivity index (χ3v) is 4.89. The predicted molar refractivity (Wildman–Crippen MR) is 104 cm³/mol. The van der Waals surface area contributed by atoms with Crippen LogP contribution in [-0.4, -0.2) is 45.9 Å². The van der Waals surface area contributed by atoms with Gasteiger partial charge in [-0.1, -0.05) is 30.3 Å². The van der Waals surface area contributed by atoms with Crippen LogP contribution in [0, 0.1) is 6.92 Å². The molecule has 26 heavy (non-hydrogen) atoms. The van der Waals surface area contributed by atoms with E-state index in [9.17, 15) is 0 Å². The van der Waals surface area contributed by atoms with Gasteiger partial charge in [-0.15, -0.1) is 0 Å². The lowest BCUT2D eigenvalue weighted by atomic mass is 10.1. The Morgan fingerprint density at radius 2 is 1.69 bits per heavy atom. The Hall–Kier alpha value is -3.09. The quantitative estimate of drug-likeness (QED) is 0.780. The summed E-state index contributed by atoms with van der Waals surface area (Å²) in [5.74, 6) is 1.99. The second-order valence-electron chi connectivity index (χ2n) is 6.55. The van der Waals surface area contributed by atoms with Crippen molar-refractivity contribution in [2.24, 2.45) is 7.05 Å². The Morgan fingerprint density at radius 3 is 2.35 bits per heavy atom. The number of nitrogen functional groups attached to an aromatic ring is 1. The maximum atomic E-state index is 6.22. The number of benzene rings is 1. The highest BCUT2D eigenvalue weighted by atomic mass is 15.4. The zero-order chi connectivity index (χ0) is 18.1. The number of nitrogens with zero attached hydrogens (tertiary/aromatic N) is 6. The van der Waals surface area contributed by atoms with Gasteiger partial charge in [0.25, 0.3) is 0 Å². The van der Waals surface area contributed by atoms with E-state index in [1.807, 2.05) is 43.0 Å². The van der Waals surface area contributed by atoms with Gasteiger partial charge in [0.15, 0.2) is 5.82 Å². The Kier molecular flexibility index (Phi) is 4.20. The summed E-state index contributed by atoms with van der Waals surface area (Å²) in [5, 5.41) is 4.43. The minimum atomic E-state index is 0.771. The molecule has 3 heterocycles. The normalized spacial score (nSPS) is 14.7. The van der Waals surface area contributed by atoms with E-state index in [1.54, 1.807) is 6.33 Å². The van der Waals surface area contributed by atoms with Gasteiger partial charge in [0, 0.05) is 45.0 Å². The lowest BCUT2D eigenvalue weighted by molar-refractivity contribution is 0.620. The Balaban J connectivity index is 1.56. The monoisotopic (exact) mass is 349 g/mol. The second kappa shape index (κ2) is 6.67.